The Morgan fingerprint density at radius 2 is 1.76 bits per heavy atom. The van der Waals surface area contributed by atoms with Gasteiger partial charge in [0.1, 0.15) is 10.6 Å². The van der Waals surface area contributed by atoms with Crippen LogP contribution in [0.15, 0.2) is 47.4 Å². The van der Waals surface area contributed by atoms with Crippen LogP contribution >= 0.6 is 22.6 Å². The predicted octanol–water partition coefficient (Wildman–Crippen LogP) is 3.24. The molecule has 0 saturated carbocycles. The number of halogens is 1. The third kappa shape index (κ3) is 5.16. The molecule has 8 heteroatoms. The van der Waals surface area contributed by atoms with Crippen LogP contribution < -0.4 is 14.8 Å². The molecule has 2 aromatic rings. The maximum Gasteiger partial charge on any atom is 0.255 e. The molecule has 0 aliphatic rings. The number of benzene rings is 2. The molecule has 0 unspecified atom stereocenters. The van der Waals surface area contributed by atoms with Gasteiger partial charge in [0.25, 0.3) is 5.91 Å². The van der Waals surface area contributed by atoms with Crippen LogP contribution in [0.3, 0.4) is 0 Å². The molecular formula is C17H19IN2O4S. The number of ether oxygens (including phenoxy) is 1. The Labute approximate surface area is 161 Å². The average molecular weight is 474 g/mol. The highest BCUT2D eigenvalue weighted by Gasteiger charge is 2.22. The molecule has 0 aliphatic carbocycles. The van der Waals surface area contributed by atoms with Gasteiger partial charge in [-0.05, 0) is 78.9 Å². The number of anilines is 1. The van der Waals surface area contributed by atoms with Gasteiger partial charge >= 0.3 is 0 Å². The topological polar surface area (TPSA) is 84.5 Å². The normalized spacial score (nSPS) is 11.4. The van der Waals surface area contributed by atoms with Crippen LogP contribution in [0.5, 0.6) is 5.75 Å². The molecule has 0 saturated heterocycles. The molecule has 0 aliphatic heterocycles. The Hall–Kier alpha value is -1.65. The maximum absolute atomic E-state index is 12.5. The number of methoxy groups -OCH3 is 1. The lowest BCUT2D eigenvalue weighted by atomic mass is 10.2. The fourth-order valence-electron chi connectivity index (χ4n) is 2.14. The van der Waals surface area contributed by atoms with E-state index in [4.69, 9.17) is 4.74 Å². The first-order chi connectivity index (χ1) is 11.7. The number of carbonyl (C=O) groups excluding carboxylic acids is 1. The summed E-state index contributed by atoms with van der Waals surface area (Å²) in [6, 6.07) is 11.3. The van der Waals surface area contributed by atoms with Gasteiger partial charge in [-0.25, -0.2) is 13.1 Å². The van der Waals surface area contributed by atoms with E-state index < -0.39 is 15.9 Å². The Kier molecular flexibility index (Phi) is 6.42. The second-order valence-electron chi connectivity index (χ2n) is 5.60. The zero-order valence-corrected chi connectivity index (χ0v) is 17.0. The van der Waals surface area contributed by atoms with Crippen molar-refractivity contribution in [2.75, 3.05) is 12.4 Å². The molecule has 2 aromatic carbocycles. The Bertz CT molecular complexity index is 865. The third-order valence-corrected chi connectivity index (χ3v) is 5.61. The van der Waals surface area contributed by atoms with Crippen molar-refractivity contribution in [2.24, 2.45) is 0 Å². The fraction of sp³-hybridized carbons (Fsp3) is 0.235. The van der Waals surface area contributed by atoms with Gasteiger partial charge in [-0.2, -0.15) is 0 Å². The van der Waals surface area contributed by atoms with Gasteiger partial charge in [-0.15, -0.1) is 0 Å². The van der Waals surface area contributed by atoms with E-state index in [-0.39, 0.29) is 22.3 Å². The van der Waals surface area contributed by atoms with Gasteiger partial charge in [0.05, 0.1) is 7.11 Å². The van der Waals surface area contributed by atoms with Gasteiger partial charge in [-0.1, -0.05) is 0 Å². The van der Waals surface area contributed by atoms with Gasteiger partial charge in [0.15, 0.2) is 0 Å². The first kappa shape index (κ1) is 19.7. The van der Waals surface area contributed by atoms with Crippen LogP contribution in [0.2, 0.25) is 0 Å². The maximum atomic E-state index is 12.5. The highest BCUT2D eigenvalue weighted by Crippen LogP contribution is 2.25. The molecule has 25 heavy (non-hydrogen) atoms. The van der Waals surface area contributed by atoms with Crippen molar-refractivity contribution in [3.05, 3.63) is 51.6 Å². The number of sulfonamides is 1. The lowest BCUT2D eigenvalue weighted by Gasteiger charge is -2.14. The number of nitrogens with one attached hydrogen (secondary N) is 2. The van der Waals surface area contributed by atoms with E-state index in [2.05, 4.69) is 32.6 Å². The summed E-state index contributed by atoms with van der Waals surface area (Å²) >= 11 is 2.17. The number of amides is 1. The van der Waals surface area contributed by atoms with Crippen molar-refractivity contribution in [1.29, 1.82) is 0 Å². The average Bonchev–Trinajstić information content (AvgIpc) is 2.55. The highest BCUT2D eigenvalue weighted by atomic mass is 127. The minimum absolute atomic E-state index is 0.0704. The van der Waals surface area contributed by atoms with E-state index in [1.807, 2.05) is 12.1 Å². The highest BCUT2D eigenvalue weighted by molar-refractivity contribution is 14.1. The van der Waals surface area contributed by atoms with Crippen LogP contribution in [0.1, 0.15) is 24.2 Å². The Morgan fingerprint density at radius 3 is 2.32 bits per heavy atom. The van der Waals surface area contributed by atoms with Crippen molar-refractivity contribution < 1.29 is 17.9 Å². The number of rotatable bonds is 6. The molecule has 0 heterocycles. The summed E-state index contributed by atoms with van der Waals surface area (Å²) in [5.41, 5.74) is 0.856. The molecule has 0 fully saturated rings. The Balaban J connectivity index is 2.34. The number of hydrogen-bond acceptors (Lipinski definition) is 4. The molecule has 134 valence electrons. The molecule has 2 rings (SSSR count). The molecule has 2 N–H and O–H groups in total. The number of carbonyl (C=O) groups is 1. The van der Waals surface area contributed by atoms with Crippen LogP contribution in [-0.4, -0.2) is 27.5 Å². The summed E-state index contributed by atoms with van der Waals surface area (Å²) in [6.07, 6.45) is 0. The van der Waals surface area contributed by atoms with Crippen molar-refractivity contribution in [3.63, 3.8) is 0 Å². The second kappa shape index (κ2) is 8.15. The summed E-state index contributed by atoms with van der Waals surface area (Å²) in [4.78, 5) is 12.4. The molecule has 1 amide bonds. The SMILES string of the molecule is COc1ccc(C(=O)Nc2ccc(I)cc2)cc1S(=O)(=O)NC(C)C. The molecule has 0 aromatic heterocycles. The van der Waals surface area contributed by atoms with Gasteiger partial charge in [0, 0.05) is 20.9 Å². The summed E-state index contributed by atoms with van der Waals surface area (Å²) in [7, 11) is -2.41. The van der Waals surface area contributed by atoms with E-state index in [0.29, 0.717) is 5.69 Å². The molecule has 6 nitrogen and oxygen atoms in total. The van der Waals surface area contributed by atoms with E-state index in [9.17, 15) is 13.2 Å². The summed E-state index contributed by atoms with van der Waals surface area (Å²) in [6.45, 7) is 3.44. The van der Waals surface area contributed by atoms with E-state index in [0.717, 1.165) is 3.57 Å². The molecular weight excluding hydrogens is 455 g/mol. The van der Waals surface area contributed by atoms with Crippen molar-refractivity contribution in [1.82, 2.24) is 4.72 Å². The van der Waals surface area contributed by atoms with Crippen molar-refractivity contribution in [2.45, 2.75) is 24.8 Å². The van der Waals surface area contributed by atoms with Crippen LogP contribution in [0, 0.1) is 3.57 Å². The quantitative estimate of drug-likeness (QED) is 0.630. The zero-order valence-electron chi connectivity index (χ0n) is 14.0. The van der Waals surface area contributed by atoms with Crippen molar-refractivity contribution >= 4 is 44.2 Å². The second-order valence-corrected chi connectivity index (χ2v) is 8.53. The van der Waals surface area contributed by atoms with Gasteiger partial charge in [-0.3, -0.25) is 4.79 Å². The fourth-order valence-corrected chi connectivity index (χ4v) is 3.94. The lowest BCUT2D eigenvalue weighted by Crippen LogP contribution is -2.30. The first-order valence-corrected chi connectivity index (χ1v) is 10.1. The molecule has 0 bridgehead atoms. The Morgan fingerprint density at radius 1 is 1.12 bits per heavy atom. The third-order valence-electron chi connectivity index (χ3n) is 3.21. The van der Waals surface area contributed by atoms with Gasteiger partial charge < -0.3 is 10.1 Å². The molecule has 0 radical (unpaired) electrons. The molecule has 0 atom stereocenters. The minimum Gasteiger partial charge on any atom is -0.495 e. The van der Waals surface area contributed by atoms with Crippen LogP contribution in [0.25, 0.3) is 0 Å². The number of hydrogen-bond donors (Lipinski definition) is 2. The lowest BCUT2D eigenvalue weighted by molar-refractivity contribution is 0.102. The molecule has 0 spiro atoms. The summed E-state index contributed by atoms with van der Waals surface area (Å²) < 4.78 is 33.6. The van der Waals surface area contributed by atoms with Crippen LogP contribution in [-0.2, 0) is 10.0 Å². The summed E-state index contributed by atoms with van der Waals surface area (Å²) in [5.74, 6) is -0.219. The minimum atomic E-state index is -3.79. The van der Waals surface area contributed by atoms with E-state index >= 15 is 0 Å². The zero-order chi connectivity index (χ0) is 18.6. The van der Waals surface area contributed by atoms with Gasteiger partial charge in [0.2, 0.25) is 10.0 Å². The standard InChI is InChI=1S/C17H19IN2O4S/c1-11(2)20-25(22,23)16-10-12(4-9-15(16)24-3)17(21)19-14-7-5-13(18)6-8-14/h4-11,20H,1-3H3,(H,19,21). The van der Waals surface area contributed by atoms with E-state index in [1.54, 1.807) is 26.0 Å². The van der Waals surface area contributed by atoms with Crippen LogP contribution in [0.4, 0.5) is 5.69 Å². The van der Waals surface area contributed by atoms with Crippen molar-refractivity contribution in [3.8, 4) is 5.75 Å². The smallest absolute Gasteiger partial charge is 0.255 e. The monoisotopic (exact) mass is 474 g/mol. The largest absolute Gasteiger partial charge is 0.495 e. The summed E-state index contributed by atoms with van der Waals surface area (Å²) in [5, 5.41) is 2.74. The van der Waals surface area contributed by atoms with E-state index in [1.165, 1.54) is 25.3 Å². The predicted molar refractivity (Wildman–Crippen MR) is 106 cm³/mol. The first-order valence-electron chi connectivity index (χ1n) is 7.50.